The number of rotatable bonds is 5. The molecule has 0 bridgehead atoms. The van der Waals surface area contributed by atoms with Crippen molar-refractivity contribution < 1.29 is 9.13 Å². The van der Waals surface area contributed by atoms with Crippen molar-refractivity contribution in [3.63, 3.8) is 0 Å². The molecule has 2 unspecified atom stereocenters. The number of nitrogens with one attached hydrogen (secondary N) is 1. The number of halogens is 1. The number of likely N-dealkylation sites (N-methyl/N-ethyl adjacent to an activating group) is 1. The van der Waals surface area contributed by atoms with Gasteiger partial charge in [0.05, 0.1) is 25.4 Å². The smallest absolute Gasteiger partial charge is 0.193 e. The zero-order chi connectivity index (χ0) is 20.1. The predicted molar refractivity (Wildman–Crippen MR) is 108 cm³/mol. The Hall–Kier alpha value is -2.45. The normalized spacial score (nSPS) is 19.1. The minimum Gasteiger partial charge on any atom is -0.370 e. The molecule has 28 heavy (non-hydrogen) atoms. The van der Waals surface area contributed by atoms with Crippen molar-refractivity contribution in [3.05, 3.63) is 53.6 Å². The molecular formula is C20H29FN6O. The number of aliphatic imine (C=N–C) groups is 1. The fourth-order valence-corrected chi connectivity index (χ4v) is 3.45. The van der Waals surface area contributed by atoms with Crippen LogP contribution in [0.1, 0.15) is 23.3 Å². The Kier molecular flexibility index (Phi) is 6.64. The van der Waals surface area contributed by atoms with Gasteiger partial charge in [-0.1, -0.05) is 12.1 Å². The molecule has 7 nitrogen and oxygen atoms in total. The molecular weight excluding hydrogens is 359 g/mol. The molecule has 0 saturated carbocycles. The Morgan fingerprint density at radius 2 is 2.14 bits per heavy atom. The summed E-state index contributed by atoms with van der Waals surface area (Å²) in [4.78, 5) is 8.78. The lowest BCUT2D eigenvalue weighted by Gasteiger charge is -2.35. The van der Waals surface area contributed by atoms with E-state index in [0.717, 1.165) is 23.6 Å². The van der Waals surface area contributed by atoms with Gasteiger partial charge in [0.25, 0.3) is 0 Å². The van der Waals surface area contributed by atoms with Gasteiger partial charge in [-0.2, -0.15) is 5.10 Å². The van der Waals surface area contributed by atoms with Gasteiger partial charge in [-0.05, 0) is 31.8 Å². The maximum Gasteiger partial charge on any atom is 0.193 e. The predicted octanol–water partition coefficient (Wildman–Crippen LogP) is 1.81. The highest BCUT2D eigenvalue weighted by Gasteiger charge is 2.25. The summed E-state index contributed by atoms with van der Waals surface area (Å²) in [5.41, 5.74) is 2.13. The van der Waals surface area contributed by atoms with Crippen LogP contribution >= 0.6 is 0 Å². The Morgan fingerprint density at radius 1 is 1.39 bits per heavy atom. The molecule has 1 aromatic heterocycles. The molecule has 2 heterocycles. The third-order valence-electron chi connectivity index (χ3n) is 5.01. The first-order chi connectivity index (χ1) is 13.5. The molecule has 1 fully saturated rings. The number of aromatic nitrogens is 2. The Bertz CT molecular complexity index is 788. The molecule has 2 atom stereocenters. The van der Waals surface area contributed by atoms with Crippen molar-refractivity contribution in [2.45, 2.75) is 12.1 Å². The molecule has 3 rings (SSSR count). The van der Waals surface area contributed by atoms with Crippen LogP contribution < -0.4 is 5.32 Å². The summed E-state index contributed by atoms with van der Waals surface area (Å²) in [5.74, 6) is 0.617. The summed E-state index contributed by atoms with van der Waals surface area (Å²) >= 11 is 0. The number of nitrogens with zero attached hydrogens (tertiary/aromatic N) is 5. The fourth-order valence-electron chi connectivity index (χ4n) is 3.45. The van der Waals surface area contributed by atoms with E-state index in [-0.39, 0.29) is 18.0 Å². The number of aryl methyl sites for hydroxylation is 1. The number of hydrogen-bond donors (Lipinski definition) is 1. The molecule has 0 radical (unpaired) electrons. The van der Waals surface area contributed by atoms with Crippen LogP contribution in [0.5, 0.6) is 0 Å². The monoisotopic (exact) mass is 388 g/mol. The van der Waals surface area contributed by atoms with Crippen LogP contribution in [0.25, 0.3) is 0 Å². The first kappa shape index (κ1) is 20.3. The highest BCUT2D eigenvalue weighted by atomic mass is 19.1. The van der Waals surface area contributed by atoms with Crippen LogP contribution in [0.2, 0.25) is 0 Å². The van der Waals surface area contributed by atoms with Crippen LogP contribution in [0.3, 0.4) is 0 Å². The average Bonchev–Trinajstić information content (AvgIpc) is 3.13. The van der Waals surface area contributed by atoms with E-state index in [1.165, 1.54) is 12.1 Å². The van der Waals surface area contributed by atoms with Gasteiger partial charge in [-0.15, -0.1) is 0 Å². The van der Waals surface area contributed by atoms with Crippen molar-refractivity contribution in [3.8, 4) is 0 Å². The molecule has 1 aliphatic heterocycles. The second kappa shape index (κ2) is 9.16. The summed E-state index contributed by atoms with van der Waals surface area (Å²) < 4.78 is 21.0. The lowest BCUT2D eigenvalue weighted by molar-refractivity contribution is -0.00811. The van der Waals surface area contributed by atoms with E-state index in [1.54, 1.807) is 11.7 Å². The lowest BCUT2D eigenvalue weighted by Crippen LogP contribution is -2.49. The van der Waals surface area contributed by atoms with Gasteiger partial charge in [-0.25, -0.2) is 4.39 Å². The van der Waals surface area contributed by atoms with Gasteiger partial charge >= 0.3 is 0 Å². The molecule has 152 valence electrons. The second-order valence-corrected chi connectivity index (χ2v) is 7.21. The van der Waals surface area contributed by atoms with Crippen molar-refractivity contribution >= 4 is 5.96 Å². The van der Waals surface area contributed by atoms with Crippen LogP contribution in [0, 0.1) is 5.82 Å². The molecule has 1 N–H and O–H groups in total. The van der Waals surface area contributed by atoms with Crippen molar-refractivity contribution in [1.82, 2.24) is 24.9 Å². The van der Waals surface area contributed by atoms with E-state index in [0.29, 0.717) is 19.7 Å². The van der Waals surface area contributed by atoms with E-state index in [4.69, 9.17) is 4.74 Å². The van der Waals surface area contributed by atoms with E-state index >= 15 is 0 Å². The van der Waals surface area contributed by atoms with Crippen molar-refractivity contribution in [2.75, 3.05) is 47.4 Å². The molecule has 1 aromatic carbocycles. The Balaban J connectivity index is 1.65. The molecule has 1 aliphatic rings. The van der Waals surface area contributed by atoms with Crippen molar-refractivity contribution in [2.24, 2.45) is 12.0 Å². The quantitative estimate of drug-likeness (QED) is 0.625. The average molecular weight is 388 g/mol. The lowest BCUT2D eigenvalue weighted by atomic mass is 10.1. The van der Waals surface area contributed by atoms with Crippen LogP contribution in [-0.4, -0.2) is 72.9 Å². The maximum atomic E-state index is 13.3. The fraction of sp³-hybridized carbons (Fsp3) is 0.500. The number of morpholine rings is 1. The summed E-state index contributed by atoms with van der Waals surface area (Å²) in [6, 6.07) is 6.77. The second-order valence-electron chi connectivity index (χ2n) is 7.21. The molecule has 1 saturated heterocycles. The van der Waals surface area contributed by atoms with Gasteiger partial charge < -0.3 is 19.9 Å². The van der Waals surface area contributed by atoms with Gasteiger partial charge in [0.1, 0.15) is 11.9 Å². The maximum absolute atomic E-state index is 13.3. The summed E-state index contributed by atoms with van der Waals surface area (Å²) in [6.07, 6.45) is 3.81. The van der Waals surface area contributed by atoms with Crippen molar-refractivity contribution in [1.29, 1.82) is 0 Å². The highest BCUT2D eigenvalue weighted by molar-refractivity contribution is 5.80. The number of benzene rings is 1. The molecule has 0 amide bonds. The van der Waals surface area contributed by atoms with Gasteiger partial charge in [0.15, 0.2) is 5.96 Å². The minimum atomic E-state index is -0.222. The van der Waals surface area contributed by atoms with E-state index in [1.807, 2.05) is 45.7 Å². The topological polar surface area (TPSA) is 57.9 Å². The van der Waals surface area contributed by atoms with Gasteiger partial charge in [-0.3, -0.25) is 9.67 Å². The number of hydrogen-bond acceptors (Lipinski definition) is 4. The van der Waals surface area contributed by atoms with Gasteiger partial charge in [0, 0.05) is 38.9 Å². The SMILES string of the molecule is CN=C(NCC(c1ccc(F)cc1)N(C)C)N1CCOC(c2cnn(C)c2)C1. The van der Waals surface area contributed by atoms with Crippen LogP contribution in [0.15, 0.2) is 41.7 Å². The first-order valence-electron chi connectivity index (χ1n) is 9.45. The third-order valence-corrected chi connectivity index (χ3v) is 5.01. The highest BCUT2D eigenvalue weighted by Crippen LogP contribution is 2.22. The molecule has 0 aliphatic carbocycles. The zero-order valence-electron chi connectivity index (χ0n) is 17.0. The summed E-state index contributed by atoms with van der Waals surface area (Å²) in [5, 5.41) is 7.72. The van der Waals surface area contributed by atoms with E-state index in [9.17, 15) is 4.39 Å². The zero-order valence-corrected chi connectivity index (χ0v) is 17.0. The molecule has 8 heteroatoms. The van der Waals surface area contributed by atoms with Crippen LogP contribution in [0.4, 0.5) is 4.39 Å². The summed E-state index contributed by atoms with van der Waals surface area (Å²) in [6.45, 7) is 2.80. The first-order valence-corrected chi connectivity index (χ1v) is 9.45. The Labute approximate surface area is 165 Å². The minimum absolute atomic E-state index is 0.0252. The summed E-state index contributed by atoms with van der Waals surface area (Å²) in [7, 11) is 7.73. The van der Waals surface area contributed by atoms with E-state index < -0.39 is 0 Å². The Morgan fingerprint density at radius 3 is 2.75 bits per heavy atom. The molecule has 0 spiro atoms. The number of guanidine groups is 1. The standard InChI is InChI=1S/C20H29FN6O/c1-22-20(23-12-18(25(2)3)15-5-7-17(21)8-6-15)27-9-10-28-19(14-27)16-11-24-26(4)13-16/h5-8,11,13,18-19H,9-10,12,14H2,1-4H3,(H,22,23). The van der Waals surface area contributed by atoms with E-state index in [2.05, 4.69) is 25.2 Å². The third kappa shape index (κ3) is 4.88. The van der Waals surface area contributed by atoms with Crippen LogP contribution in [-0.2, 0) is 11.8 Å². The largest absolute Gasteiger partial charge is 0.370 e. The number of ether oxygens (including phenoxy) is 1. The molecule has 2 aromatic rings. The van der Waals surface area contributed by atoms with Gasteiger partial charge in [0.2, 0.25) is 0 Å².